The van der Waals surface area contributed by atoms with E-state index in [-0.39, 0.29) is 17.5 Å². The molecule has 0 saturated carbocycles. The normalized spacial score (nSPS) is 11.5. The maximum atomic E-state index is 14.0. The molecule has 2 rings (SSSR count). The molecule has 0 saturated heterocycles. The molecular formula is C20H26FN5O4S. The second-order valence-corrected chi connectivity index (χ2v) is 9.33. The van der Waals surface area contributed by atoms with Crippen molar-refractivity contribution >= 4 is 27.6 Å². The Morgan fingerprint density at radius 1 is 1.06 bits per heavy atom. The Balaban J connectivity index is 2.35. The smallest absolute Gasteiger partial charge is 0.333 e. The van der Waals surface area contributed by atoms with Crippen molar-refractivity contribution in [3.8, 4) is 0 Å². The lowest BCUT2D eigenvalue weighted by molar-refractivity contribution is 0.0821. The van der Waals surface area contributed by atoms with Crippen molar-refractivity contribution in [1.82, 2.24) is 19.6 Å². The van der Waals surface area contributed by atoms with E-state index >= 15 is 0 Å². The lowest BCUT2D eigenvalue weighted by Crippen LogP contribution is -2.36. The molecule has 0 aliphatic carbocycles. The maximum Gasteiger partial charge on any atom is 0.333 e. The van der Waals surface area contributed by atoms with Gasteiger partial charge in [-0.25, -0.2) is 23.9 Å². The number of aromatic nitrogens is 2. The first-order valence-corrected chi connectivity index (χ1v) is 11.0. The van der Waals surface area contributed by atoms with Gasteiger partial charge in [0.25, 0.3) is 11.1 Å². The second kappa shape index (κ2) is 9.38. The Morgan fingerprint density at radius 3 is 2.10 bits per heavy atom. The molecule has 2 aromatic rings. The minimum absolute atomic E-state index is 0.128. The molecule has 0 aliphatic heterocycles. The van der Waals surface area contributed by atoms with E-state index in [1.807, 2.05) is 32.4 Å². The van der Waals surface area contributed by atoms with Crippen LogP contribution in [0.1, 0.15) is 61.1 Å². The monoisotopic (exact) mass is 451 g/mol. The zero-order valence-electron chi connectivity index (χ0n) is 18.2. The molecule has 3 amide bonds. The molecule has 1 aromatic carbocycles. The quantitative estimate of drug-likeness (QED) is 0.651. The Bertz CT molecular complexity index is 1070. The van der Waals surface area contributed by atoms with Crippen LogP contribution in [0.5, 0.6) is 0 Å². The van der Waals surface area contributed by atoms with E-state index in [4.69, 9.17) is 0 Å². The fraction of sp³-hybridized carbons (Fsp3) is 0.400. The van der Waals surface area contributed by atoms with Gasteiger partial charge in [-0.2, -0.15) is 8.42 Å². The van der Waals surface area contributed by atoms with E-state index in [0.717, 1.165) is 6.20 Å². The van der Waals surface area contributed by atoms with Gasteiger partial charge in [-0.1, -0.05) is 27.7 Å². The highest BCUT2D eigenvalue weighted by Gasteiger charge is 2.25. The van der Waals surface area contributed by atoms with E-state index in [1.54, 1.807) is 0 Å². The predicted octanol–water partition coefficient (Wildman–Crippen LogP) is 3.07. The summed E-state index contributed by atoms with van der Waals surface area (Å²) in [5, 5.41) is 1.80. The average Bonchev–Trinajstić information content (AvgIpc) is 2.67. The van der Waals surface area contributed by atoms with Gasteiger partial charge in [0.1, 0.15) is 11.5 Å². The molecule has 1 aromatic heterocycles. The van der Waals surface area contributed by atoms with E-state index in [9.17, 15) is 22.4 Å². The number of hydrogen-bond donors (Lipinski definition) is 2. The van der Waals surface area contributed by atoms with Crippen LogP contribution in [0.15, 0.2) is 29.6 Å². The summed E-state index contributed by atoms with van der Waals surface area (Å²) in [6.45, 7) is 7.33. The lowest BCUT2D eigenvalue weighted by atomic mass is 9.92. The van der Waals surface area contributed by atoms with Crippen LogP contribution in [-0.2, 0) is 10.0 Å². The number of rotatable bonds is 6. The summed E-state index contributed by atoms with van der Waals surface area (Å²) in [6, 6.07) is 2.83. The number of amides is 3. The number of hydrogen-bond acceptors (Lipinski definition) is 6. The van der Waals surface area contributed by atoms with Crippen LogP contribution < -0.4 is 10.0 Å². The Morgan fingerprint density at radius 2 is 1.61 bits per heavy atom. The first-order chi connectivity index (χ1) is 14.3. The average molecular weight is 452 g/mol. The molecular weight excluding hydrogens is 425 g/mol. The van der Waals surface area contributed by atoms with E-state index in [1.165, 1.54) is 37.2 Å². The van der Waals surface area contributed by atoms with Crippen LogP contribution in [0.25, 0.3) is 0 Å². The number of halogens is 1. The zero-order valence-corrected chi connectivity index (χ0v) is 19.0. The van der Waals surface area contributed by atoms with Gasteiger partial charge in [-0.3, -0.25) is 4.79 Å². The summed E-state index contributed by atoms with van der Waals surface area (Å²) < 4.78 is 41.1. The van der Waals surface area contributed by atoms with E-state index < -0.39 is 32.9 Å². The van der Waals surface area contributed by atoms with Crippen molar-refractivity contribution in [3.63, 3.8) is 0 Å². The molecule has 0 unspecified atom stereocenters. The second-order valence-electron chi connectivity index (χ2n) is 7.75. The van der Waals surface area contributed by atoms with Gasteiger partial charge < -0.3 is 10.2 Å². The molecule has 0 aliphatic rings. The highest BCUT2D eigenvalue weighted by Crippen LogP contribution is 2.33. The van der Waals surface area contributed by atoms with Crippen LogP contribution in [0, 0.1) is 5.82 Å². The standard InChI is InChI=1S/C20H26FN5O4S/c1-11(2)14-9-13(21)10-15(12(3)4)17(14)24-19(28)25-31(29,30)20-22-8-7-16(23-20)18(27)26(5)6/h7-12H,1-6H3,(H2,24,25,28). The number of sulfonamides is 1. The summed E-state index contributed by atoms with van der Waals surface area (Å²) >= 11 is 0. The van der Waals surface area contributed by atoms with Crippen molar-refractivity contribution < 1.29 is 22.4 Å². The Kier molecular flexibility index (Phi) is 7.32. The minimum atomic E-state index is -4.46. The van der Waals surface area contributed by atoms with Gasteiger partial charge in [0.15, 0.2) is 0 Å². The number of carbonyl (C=O) groups excluding carboxylic acids is 2. The molecule has 31 heavy (non-hydrogen) atoms. The number of benzene rings is 1. The zero-order chi connectivity index (χ0) is 23.5. The number of nitrogens with one attached hydrogen (secondary N) is 2. The maximum absolute atomic E-state index is 14.0. The summed E-state index contributed by atoms with van der Waals surface area (Å²) in [6.07, 6.45) is 1.11. The fourth-order valence-electron chi connectivity index (χ4n) is 2.83. The van der Waals surface area contributed by atoms with Crippen molar-refractivity contribution in [1.29, 1.82) is 0 Å². The SMILES string of the molecule is CC(C)c1cc(F)cc(C(C)C)c1NC(=O)NS(=O)(=O)c1nccc(C(=O)N(C)C)n1. The van der Waals surface area contributed by atoms with Gasteiger partial charge in [-0.05, 0) is 41.2 Å². The summed E-state index contributed by atoms with van der Waals surface area (Å²) in [4.78, 5) is 33.2. The molecule has 0 bridgehead atoms. The van der Waals surface area contributed by atoms with E-state index in [0.29, 0.717) is 16.8 Å². The topological polar surface area (TPSA) is 121 Å². The lowest BCUT2D eigenvalue weighted by Gasteiger charge is -2.20. The number of urea groups is 1. The molecule has 1 heterocycles. The largest absolute Gasteiger partial charge is 0.343 e. The summed E-state index contributed by atoms with van der Waals surface area (Å²) in [5.74, 6) is -1.21. The predicted molar refractivity (Wildman–Crippen MR) is 114 cm³/mol. The van der Waals surface area contributed by atoms with Gasteiger partial charge >= 0.3 is 16.1 Å². The summed E-state index contributed by atoms with van der Waals surface area (Å²) in [5.41, 5.74) is 1.28. The third-order valence-corrected chi connectivity index (χ3v) is 5.50. The molecule has 168 valence electrons. The first kappa shape index (κ1) is 24.2. The van der Waals surface area contributed by atoms with Gasteiger partial charge in [0.2, 0.25) is 0 Å². The molecule has 2 N–H and O–H groups in total. The highest BCUT2D eigenvalue weighted by molar-refractivity contribution is 7.89. The van der Waals surface area contributed by atoms with Crippen molar-refractivity contribution in [2.45, 2.75) is 44.7 Å². The van der Waals surface area contributed by atoms with Gasteiger partial charge in [-0.15, -0.1) is 0 Å². The van der Waals surface area contributed by atoms with Crippen molar-refractivity contribution in [2.75, 3.05) is 19.4 Å². The third kappa shape index (κ3) is 5.75. The summed E-state index contributed by atoms with van der Waals surface area (Å²) in [7, 11) is -1.48. The fourth-order valence-corrected chi connectivity index (χ4v) is 3.63. The van der Waals surface area contributed by atoms with Crippen LogP contribution in [0.4, 0.5) is 14.9 Å². The third-order valence-electron chi connectivity index (χ3n) is 4.37. The van der Waals surface area contributed by atoms with Crippen LogP contribution in [0.3, 0.4) is 0 Å². The molecule has 0 radical (unpaired) electrons. The molecule has 11 heteroatoms. The Labute approximate surface area is 181 Å². The van der Waals surface area contributed by atoms with E-state index in [2.05, 4.69) is 15.3 Å². The highest BCUT2D eigenvalue weighted by atomic mass is 32.2. The molecule has 0 atom stereocenters. The molecule has 0 spiro atoms. The van der Waals surface area contributed by atoms with Crippen molar-refractivity contribution in [2.24, 2.45) is 0 Å². The van der Waals surface area contributed by atoms with Crippen molar-refractivity contribution in [3.05, 3.63) is 47.0 Å². The molecule has 9 nitrogen and oxygen atoms in total. The Hall–Kier alpha value is -3.08. The molecule has 0 fully saturated rings. The number of nitrogens with zero attached hydrogens (tertiary/aromatic N) is 3. The van der Waals surface area contributed by atoms with Gasteiger partial charge in [0.05, 0.1) is 0 Å². The first-order valence-electron chi connectivity index (χ1n) is 9.55. The number of carbonyl (C=O) groups is 2. The number of anilines is 1. The van der Waals surface area contributed by atoms with Gasteiger partial charge in [0, 0.05) is 26.0 Å². The van der Waals surface area contributed by atoms with Crippen LogP contribution >= 0.6 is 0 Å². The van der Waals surface area contributed by atoms with Crippen LogP contribution in [0.2, 0.25) is 0 Å². The minimum Gasteiger partial charge on any atom is -0.343 e. The van der Waals surface area contributed by atoms with Crippen LogP contribution in [-0.4, -0.2) is 49.3 Å².